The monoisotopic (exact) mass is 467 g/mol. The van der Waals surface area contributed by atoms with E-state index in [1.54, 1.807) is 24.3 Å². The second-order valence-corrected chi connectivity index (χ2v) is 9.64. The van der Waals surface area contributed by atoms with Gasteiger partial charge in [-0.2, -0.15) is 4.98 Å². The molecule has 4 rings (SSSR count). The number of hydrogen-bond acceptors (Lipinski definition) is 7. The van der Waals surface area contributed by atoms with E-state index in [0.717, 1.165) is 43.3 Å². The maximum Gasteiger partial charge on any atom is 0.261 e. The van der Waals surface area contributed by atoms with Gasteiger partial charge in [-0.3, -0.25) is 4.72 Å². The molecule has 0 spiro atoms. The fourth-order valence-corrected chi connectivity index (χ4v) is 4.78. The van der Waals surface area contributed by atoms with E-state index in [2.05, 4.69) is 24.9 Å². The summed E-state index contributed by atoms with van der Waals surface area (Å²) in [5, 5.41) is 3.30. The van der Waals surface area contributed by atoms with Crippen molar-refractivity contribution < 1.29 is 13.2 Å². The Labute approximate surface area is 195 Å². The maximum atomic E-state index is 12.7. The van der Waals surface area contributed by atoms with E-state index in [-0.39, 0.29) is 4.90 Å². The fourth-order valence-electron chi connectivity index (χ4n) is 3.72. The largest absolute Gasteiger partial charge is 0.494 e. The van der Waals surface area contributed by atoms with Crippen molar-refractivity contribution in [2.45, 2.75) is 38.0 Å². The van der Waals surface area contributed by atoms with Crippen molar-refractivity contribution in [3.8, 4) is 5.75 Å². The van der Waals surface area contributed by atoms with Crippen molar-refractivity contribution in [3.05, 3.63) is 60.3 Å². The summed E-state index contributed by atoms with van der Waals surface area (Å²) in [4.78, 5) is 11.7. The van der Waals surface area contributed by atoms with Crippen LogP contribution in [0.5, 0.6) is 5.75 Å². The minimum absolute atomic E-state index is 0.176. The van der Waals surface area contributed by atoms with E-state index in [0.29, 0.717) is 23.9 Å². The number of aryl methyl sites for hydroxylation is 1. The molecule has 33 heavy (non-hydrogen) atoms. The van der Waals surface area contributed by atoms with Gasteiger partial charge in [0.15, 0.2) is 0 Å². The van der Waals surface area contributed by atoms with Gasteiger partial charge < -0.3 is 15.0 Å². The zero-order chi connectivity index (χ0) is 23.3. The van der Waals surface area contributed by atoms with Gasteiger partial charge in [-0.25, -0.2) is 13.4 Å². The number of ether oxygens (including phenoxy) is 1. The van der Waals surface area contributed by atoms with E-state index < -0.39 is 10.0 Å². The molecule has 174 valence electrons. The smallest absolute Gasteiger partial charge is 0.261 e. The Morgan fingerprint density at radius 3 is 2.27 bits per heavy atom. The molecule has 9 heteroatoms. The van der Waals surface area contributed by atoms with Crippen molar-refractivity contribution in [2.75, 3.05) is 34.6 Å². The SMILES string of the molecule is CCOc1ccc(S(=O)(=O)Nc2ccc(Nc3cc(C)nc(N4CCCCC4)n3)cc2)cc1. The van der Waals surface area contributed by atoms with Gasteiger partial charge in [0.05, 0.1) is 11.5 Å². The molecule has 0 radical (unpaired) electrons. The van der Waals surface area contributed by atoms with Gasteiger partial charge in [-0.05, 0) is 81.6 Å². The summed E-state index contributed by atoms with van der Waals surface area (Å²) in [6.45, 7) is 6.32. The molecule has 2 N–H and O–H groups in total. The van der Waals surface area contributed by atoms with Gasteiger partial charge in [0.1, 0.15) is 11.6 Å². The lowest BCUT2D eigenvalue weighted by atomic mass is 10.1. The number of piperidine rings is 1. The summed E-state index contributed by atoms with van der Waals surface area (Å²) in [6, 6.07) is 15.3. The first-order chi connectivity index (χ1) is 15.9. The summed E-state index contributed by atoms with van der Waals surface area (Å²) in [5.41, 5.74) is 2.18. The lowest BCUT2D eigenvalue weighted by Crippen LogP contribution is -2.31. The molecule has 1 fully saturated rings. The average molecular weight is 468 g/mol. The van der Waals surface area contributed by atoms with Crippen LogP contribution in [0.25, 0.3) is 0 Å². The van der Waals surface area contributed by atoms with Crippen LogP contribution in [0.4, 0.5) is 23.1 Å². The van der Waals surface area contributed by atoms with Gasteiger partial charge in [0, 0.05) is 36.2 Å². The third-order valence-corrected chi connectivity index (χ3v) is 6.73. The van der Waals surface area contributed by atoms with E-state index in [9.17, 15) is 8.42 Å². The second-order valence-electron chi connectivity index (χ2n) is 7.95. The molecule has 8 nitrogen and oxygen atoms in total. The standard InChI is InChI=1S/C24H29N5O3S/c1-3-32-21-11-13-22(14-12-21)33(30,31)28-20-9-7-19(8-10-20)26-23-17-18(2)25-24(27-23)29-15-5-4-6-16-29/h7-14,17,28H,3-6,15-16H2,1-2H3,(H,25,26,27). The Balaban J connectivity index is 1.43. The molecule has 0 unspecified atom stereocenters. The molecule has 2 aromatic carbocycles. The third-order valence-electron chi connectivity index (χ3n) is 5.34. The highest BCUT2D eigenvalue weighted by Crippen LogP contribution is 2.24. The van der Waals surface area contributed by atoms with Gasteiger partial charge in [0.2, 0.25) is 5.95 Å². The second kappa shape index (κ2) is 10.1. The average Bonchev–Trinajstić information content (AvgIpc) is 2.81. The molecule has 0 aliphatic carbocycles. The third kappa shape index (κ3) is 5.92. The lowest BCUT2D eigenvalue weighted by Gasteiger charge is -2.27. The van der Waals surface area contributed by atoms with Gasteiger partial charge in [-0.15, -0.1) is 0 Å². The molecule has 0 amide bonds. The lowest BCUT2D eigenvalue weighted by molar-refractivity contribution is 0.340. The fraction of sp³-hybridized carbons (Fsp3) is 0.333. The summed E-state index contributed by atoms with van der Waals surface area (Å²) in [5.74, 6) is 2.10. The molecule has 2 heterocycles. The molecular formula is C24H29N5O3S. The number of anilines is 4. The van der Waals surface area contributed by atoms with Crippen molar-refractivity contribution >= 4 is 33.2 Å². The van der Waals surface area contributed by atoms with Crippen LogP contribution in [0.15, 0.2) is 59.5 Å². The van der Waals surface area contributed by atoms with E-state index in [4.69, 9.17) is 4.74 Å². The van der Waals surface area contributed by atoms with Crippen LogP contribution in [0.3, 0.4) is 0 Å². The summed E-state index contributed by atoms with van der Waals surface area (Å²) in [6.07, 6.45) is 3.57. The van der Waals surface area contributed by atoms with Crippen LogP contribution in [0.1, 0.15) is 31.9 Å². The number of hydrogen-bond donors (Lipinski definition) is 2. The van der Waals surface area contributed by atoms with Gasteiger partial charge >= 0.3 is 0 Å². The predicted octanol–water partition coefficient (Wildman–Crippen LogP) is 4.72. The van der Waals surface area contributed by atoms with Crippen molar-refractivity contribution in [1.82, 2.24) is 9.97 Å². The quantitative estimate of drug-likeness (QED) is 0.495. The topological polar surface area (TPSA) is 96.5 Å². The van der Waals surface area contributed by atoms with Crippen LogP contribution >= 0.6 is 0 Å². The number of sulfonamides is 1. The molecular weight excluding hydrogens is 438 g/mol. The van der Waals surface area contributed by atoms with Crippen LogP contribution in [0, 0.1) is 6.92 Å². The van der Waals surface area contributed by atoms with Gasteiger partial charge in [0.25, 0.3) is 10.0 Å². The number of benzene rings is 2. The van der Waals surface area contributed by atoms with Gasteiger partial charge in [-0.1, -0.05) is 0 Å². The molecule has 0 atom stereocenters. The Morgan fingerprint density at radius 2 is 1.61 bits per heavy atom. The summed E-state index contributed by atoms with van der Waals surface area (Å²) < 4.78 is 33.3. The normalized spacial score (nSPS) is 14.1. The molecule has 1 saturated heterocycles. The number of nitrogens with one attached hydrogen (secondary N) is 2. The van der Waals surface area contributed by atoms with E-state index in [1.165, 1.54) is 18.6 Å². The van der Waals surface area contributed by atoms with E-state index in [1.807, 2.05) is 32.0 Å². The molecule has 1 aliphatic heterocycles. The maximum absolute atomic E-state index is 12.7. The minimum atomic E-state index is -3.69. The molecule has 1 aromatic heterocycles. The predicted molar refractivity (Wildman–Crippen MR) is 131 cm³/mol. The van der Waals surface area contributed by atoms with Crippen molar-refractivity contribution in [3.63, 3.8) is 0 Å². The Kier molecular flexibility index (Phi) is 6.98. The van der Waals surface area contributed by atoms with Crippen LogP contribution in [-0.2, 0) is 10.0 Å². The Bertz CT molecular complexity index is 1180. The minimum Gasteiger partial charge on any atom is -0.494 e. The number of nitrogens with zero attached hydrogens (tertiary/aromatic N) is 3. The Morgan fingerprint density at radius 1 is 0.939 bits per heavy atom. The van der Waals surface area contributed by atoms with Crippen molar-refractivity contribution in [1.29, 1.82) is 0 Å². The summed E-state index contributed by atoms with van der Waals surface area (Å²) in [7, 11) is -3.69. The number of aromatic nitrogens is 2. The highest BCUT2D eigenvalue weighted by Gasteiger charge is 2.16. The first kappa shape index (κ1) is 22.8. The highest BCUT2D eigenvalue weighted by atomic mass is 32.2. The van der Waals surface area contributed by atoms with Crippen LogP contribution in [-0.4, -0.2) is 38.1 Å². The molecule has 3 aromatic rings. The zero-order valence-electron chi connectivity index (χ0n) is 18.9. The van der Waals surface area contributed by atoms with Crippen molar-refractivity contribution in [2.24, 2.45) is 0 Å². The highest BCUT2D eigenvalue weighted by molar-refractivity contribution is 7.92. The first-order valence-corrected chi connectivity index (χ1v) is 12.6. The first-order valence-electron chi connectivity index (χ1n) is 11.2. The molecule has 0 saturated carbocycles. The molecule has 0 bridgehead atoms. The molecule has 1 aliphatic rings. The van der Waals surface area contributed by atoms with Crippen LogP contribution < -0.4 is 19.7 Å². The number of rotatable bonds is 8. The Hall–Kier alpha value is -3.33. The van der Waals surface area contributed by atoms with Crippen LogP contribution in [0.2, 0.25) is 0 Å². The van der Waals surface area contributed by atoms with E-state index >= 15 is 0 Å². The summed E-state index contributed by atoms with van der Waals surface area (Å²) >= 11 is 0. The zero-order valence-corrected chi connectivity index (χ0v) is 19.7.